The SMILES string of the molecule is OC(O)c1cc(C(F)(F)F)ccc1F. The molecule has 0 aliphatic heterocycles. The van der Waals surface area contributed by atoms with Crippen LogP contribution >= 0.6 is 0 Å². The van der Waals surface area contributed by atoms with E-state index in [4.69, 9.17) is 10.2 Å². The van der Waals surface area contributed by atoms with Crippen molar-refractivity contribution >= 4 is 0 Å². The Morgan fingerprint density at radius 3 is 2.14 bits per heavy atom. The predicted octanol–water partition coefficient (Wildman–Crippen LogP) is 1.83. The molecule has 0 saturated heterocycles. The Morgan fingerprint density at radius 1 is 1.14 bits per heavy atom. The molecule has 0 atom stereocenters. The van der Waals surface area contributed by atoms with Gasteiger partial charge < -0.3 is 10.2 Å². The number of hydrogen-bond acceptors (Lipinski definition) is 2. The Morgan fingerprint density at radius 2 is 1.71 bits per heavy atom. The second-order valence-corrected chi connectivity index (χ2v) is 2.61. The minimum atomic E-state index is -4.63. The maximum atomic E-state index is 12.7. The van der Waals surface area contributed by atoms with E-state index in [0.29, 0.717) is 18.2 Å². The standard InChI is InChI=1S/C8H6F4O2/c9-6-2-1-4(8(10,11)12)3-5(6)7(13)14/h1-3,7,13-14H. The number of rotatable bonds is 1. The van der Waals surface area contributed by atoms with Crippen LogP contribution in [0.25, 0.3) is 0 Å². The molecule has 0 aliphatic rings. The van der Waals surface area contributed by atoms with Crippen LogP contribution in [0.15, 0.2) is 18.2 Å². The Hall–Kier alpha value is -1.14. The fourth-order valence-corrected chi connectivity index (χ4v) is 0.918. The highest BCUT2D eigenvalue weighted by atomic mass is 19.4. The molecular weight excluding hydrogens is 204 g/mol. The Balaban J connectivity index is 3.20. The fourth-order valence-electron chi connectivity index (χ4n) is 0.918. The average molecular weight is 210 g/mol. The molecule has 14 heavy (non-hydrogen) atoms. The highest BCUT2D eigenvalue weighted by Crippen LogP contribution is 2.31. The van der Waals surface area contributed by atoms with Crippen molar-refractivity contribution in [1.29, 1.82) is 0 Å². The molecule has 0 aliphatic carbocycles. The second kappa shape index (κ2) is 3.55. The number of aliphatic hydroxyl groups is 2. The zero-order chi connectivity index (χ0) is 10.9. The maximum absolute atomic E-state index is 12.7. The minimum Gasteiger partial charge on any atom is -0.364 e. The third-order valence-electron chi connectivity index (χ3n) is 1.60. The van der Waals surface area contributed by atoms with Gasteiger partial charge in [-0.2, -0.15) is 13.2 Å². The van der Waals surface area contributed by atoms with Crippen LogP contribution < -0.4 is 0 Å². The summed E-state index contributed by atoms with van der Waals surface area (Å²) in [5, 5.41) is 17.1. The lowest BCUT2D eigenvalue weighted by Crippen LogP contribution is -2.08. The quantitative estimate of drug-likeness (QED) is 0.548. The first-order chi connectivity index (χ1) is 6.32. The molecule has 1 aromatic carbocycles. The number of halogens is 4. The van der Waals surface area contributed by atoms with Gasteiger partial charge >= 0.3 is 6.18 Å². The molecule has 0 fully saturated rings. The third kappa shape index (κ3) is 2.21. The molecule has 1 rings (SSSR count). The summed E-state index contributed by atoms with van der Waals surface area (Å²) in [5.74, 6) is -1.09. The fraction of sp³-hybridized carbons (Fsp3) is 0.250. The summed E-state index contributed by atoms with van der Waals surface area (Å²) in [7, 11) is 0. The average Bonchev–Trinajstić information content (AvgIpc) is 2.02. The molecule has 0 spiro atoms. The Bertz CT molecular complexity index is 333. The van der Waals surface area contributed by atoms with Crippen LogP contribution in [0.5, 0.6) is 0 Å². The first kappa shape index (κ1) is 10.9. The molecule has 1 aromatic rings. The lowest BCUT2D eigenvalue weighted by molar-refractivity contribution is -0.137. The van der Waals surface area contributed by atoms with Gasteiger partial charge in [0.05, 0.1) is 5.56 Å². The molecule has 78 valence electrons. The van der Waals surface area contributed by atoms with Crippen molar-refractivity contribution < 1.29 is 27.8 Å². The Labute approximate surface area is 76.4 Å². The molecule has 0 amide bonds. The van der Waals surface area contributed by atoms with Crippen molar-refractivity contribution in [1.82, 2.24) is 0 Å². The largest absolute Gasteiger partial charge is 0.416 e. The second-order valence-electron chi connectivity index (χ2n) is 2.61. The number of benzene rings is 1. The lowest BCUT2D eigenvalue weighted by atomic mass is 10.1. The van der Waals surface area contributed by atoms with Gasteiger partial charge in [0, 0.05) is 5.56 Å². The van der Waals surface area contributed by atoms with E-state index in [1.807, 2.05) is 0 Å². The van der Waals surface area contributed by atoms with Crippen LogP contribution in [0.4, 0.5) is 17.6 Å². The molecule has 0 bridgehead atoms. The van der Waals surface area contributed by atoms with Gasteiger partial charge in [0.25, 0.3) is 0 Å². The smallest absolute Gasteiger partial charge is 0.364 e. The molecule has 0 radical (unpaired) electrons. The van der Waals surface area contributed by atoms with Crippen LogP contribution in [-0.4, -0.2) is 10.2 Å². The van der Waals surface area contributed by atoms with Crippen LogP contribution in [-0.2, 0) is 6.18 Å². The summed E-state index contributed by atoms with van der Waals surface area (Å²) in [6, 6.07) is 1.43. The van der Waals surface area contributed by atoms with Gasteiger partial charge in [-0.25, -0.2) is 4.39 Å². The molecule has 2 nitrogen and oxygen atoms in total. The monoisotopic (exact) mass is 210 g/mol. The van der Waals surface area contributed by atoms with E-state index in [1.54, 1.807) is 0 Å². The summed E-state index contributed by atoms with van der Waals surface area (Å²) >= 11 is 0. The maximum Gasteiger partial charge on any atom is 0.416 e. The zero-order valence-corrected chi connectivity index (χ0v) is 6.72. The van der Waals surface area contributed by atoms with E-state index >= 15 is 0 Å². The predicted molar refractivity (Wildman–Crippen MR) is 38.6 cm³/mol. The van der Waals surface area contributed by atoms with E-state index in [1.165, 1.54) is 0 Å². The van der Waals surface area contributed by atoms with Gasteiger partial charge in [-0.05, 0) is 18.2 Å². The molecule has 0 saturated carbocycles. The van der Waals surface area contributed by atoms with Gasteiger partial charge in [0.2, 0.25) is 0 Å². The molecule has 6 heteroatoms. The first-order valence-corrected chi connectivity index (χ1v) is 3.55. The molecule has 0 heterocycles. The van der Waals surface area contributed by atoms with Gasteiger partial charge in [-0.15, -0.1) is 0 Å². The van der Waals surface area contributed by atoms with Gasteiger partial charge in [-0.1, -0.05) is 0 Å². The van der Waals surface area contributed by atoms with Crippen molar-refractivity contribution in [3.63, 3.8) is 0 Å². The van der Waals surface area contributed by atoms with E-state index in [-0.39, 0.29) is 0 Å². The molecular formula is C8H6F4O2. The molecule has 0 aromatic heterocycles. The minimum absolute atomic E-state index is 0.361. The summed E-state index contributed by atoms with van der Waals surface area (Å²) in [6.07, 6.45) is -6.88. The van der Waals surface area contributed by atoms with Crippen molar-refractivity contribution in [2.24, 2.45) is 0 Å². The van der Waals surface area contributed by atoms with Crippen molar-refractivity contribution in [3.8, 4) is 0 Å². The van der Waals surface area contributed by atoms with Crippen LogP contribution in [0.2, 0.25) is 0 Å². The van der Waals surface area contributed by atoms with Crippen LogP contribution in [0.1, 0.15) is 17.4 Å². The van der Waals surface area contributed by atoms with Crippen LogP contribution in [0, 0.1) is 5.82 Å². The first-order valence-electron chi connectivity index (χ1n) is 3.55. The van der Waals surface area contributed by atoms with Crippen LogP contribution in [0.3, 0.4) is 0 Å². The topological polar surface area (TPSA) is 40.5 Å². The third-order valence-corrected chi connectivity index (χ3v) is 1.60. The number of aliphatic hydroxyl groups excluding tert-OH is 1. The van der Waals surface area contributed by atoms with Gasteiger partial charge in [-0.3, -0.25) is 0 Å². The van der Waals surface area contributed by atoms with E-state index in [2.05, 4.69) is 0 Å². The van der Waals surface area contributed by atoms with Crippen molar-refractivity contribution in [2.75, 3.05) is 0 Å². The lowest BCUT2D eigenvalue weighted by Gasteiger charge is -2.10. The summed E-state index contributed by atoms with van der Waals surface area (Å²) in [6.45, 7) is 0. The molecule has 2 N–H and O–H groups in total. The van der Waals surface area contributed by atoms with E-state index in [0.717, 1.165) is 0 Å². The summed E-state index contributed by atoms with van der Waals surface area (Å²) in [4.78, 5) is 0. The highest BCUT2D eigenvalue weighted by molar-refractivity contribution is 5.27. The van der Waals surface area contributed by atoms with E-state index < -0.39 is 29.4 Å². The normalized spacial score (nSPS) is 12.2. The van der Waals surface area contributed by atoms with E-state index in [9.17, 15) is 17.6 Å². The van der Waals surface area contributed by atoms with Crippen molar-refractivity contribution in [3.05, 3.63) is 35.1 Å². The van der Waals surface area contributed by atoms with Crippen molar-refractivity contribution in [2.45, 2.75) is 12.5 Å². The molecule has 0 unspecified atom stereocenters. The summed E-state index contributed by atoms with van der Waals surface area (Å²) in [5.41, 5.74) is -1.91. The Kier molecular flexibility index (Phi) is 2.77. The number of alkyl halides is 3. The van der Waals surface area contributed by atoms with Gasteiger partial charge in [0.15, 0.2) is 6.29 Å². The number of hydrogen-bond donors (Lipinski definition) is 2. The summed E-state index contributed by atoms with van der Waals surface area (Å²) < 4.78 is 49.0. The zero-order valence-electron chi connectivity index (χ0n) is 6.72. The van der Waals surface area contributed by atoms with Gasteiger partial charge in [0.1, 0.15) is 5.82 Å². The highest BCUT2D eigenvalue weighted by Gasteiger charge is 2.31.